The molecule has 0 spiro atoms. The van der Waals surface area contributed by atoms with E-state index in [2.05, 4.69) is 5.32 Å². The molecule has 0 radical (unpaired) electrons. The van der Waals surface area contributed by atoms with Crippen LogP contribution in [-0.2, 0) is 0 Å². The Balaban J connectivity index is 2.16. The largest absolute Gasteiger partial charge is 0.356 e. The van der Waals surface area contributed by atoms with Gasteiger partial charge in [-0.05, 0) is 36.8 Å². The van der Waals surface area contributed by atoms with Crippen molar-refractivity contribution in [3.63, 3.8) is 0 Å². The van der Waals surface area contributed by atoms with E-state index < -0.39 is 4.92 Å². The fourth-order valence-electron chi connectivity index (χ4n) is 1.56. The number of nitrogens with one attached hydrogen (secondary N) is 1. The van der Waals surface area contributed by atoms with E-state index in [4.69, 9.17) is 0 Å². The van der Waals surface area contributed by atoms with Crippen LogP contribution in [0.3, 0.4) is 0 Å². The molecule has 4 heteroatoms. The number of hydrogen-bond acceptors (Lipinski definition) is 3. The number of nitro benzene ring substituents is 1. The van der Waals surface area contributed by atoms with E-state index in [1.165, 1.54) is 12.1 Å². The van der Waals surface area contributed by atoms with E-state index >= 15 is 0 Å². The summed E-state index contributed by atoms with van der Waals surface area (Å²) in [4.78, 5) is 10.1. The number of hydrogen-bond donors (Lipinski definition) is 1. The molecule has 0 fully saturated rings. The lowest BCUT2D eigenvalue weighted by atomic mass is 10.2. The number of nitrogens with zero attached hydrogens (tertiary/aromatic N) is 1. The average molecular weight is 228 g/mol. The van der Waals surface area contributed by atoms with Crippen molar-refractivity contribution in [3.8, 4) is 0 Å². The molecule has 2 rings (SSSR count). The third kappa shape index (κ3) is 2.81. The summed E-state index contributed by atoms with van der Waals surface area (Å²) in [5.41, 5.74) is 3.07. The van der Waals surface area contributed by atoms with Gasteiger partial charge < -0.3 is 5.32 Å². The lowest BCUT2D eigenvalue weighted by Crippen LogP contribution is -1.92. The lowest BCUT2D eigenvalue weighted by molar-refractivity contribution is -0.384. The highest BCUT2D eigenvalue weighted by Gasteiger charge is 2.03. The van der Waals surface area contributed by atoms with Crippen LogP contribution in [0, 0.1) is 17.0 Å². The monoisotopic (exact) mass is 228 g/mol. The number of benzene rings is 2. The van der Waals surface area contributed by atoms with Gasteiger partial charge in [0.1, 0.15) is 0 Å². The number of rotatable bonds is 3. The lowest BCUT2D eigenvalue weighted by Gasteiger charge is -2.06. The molecule has 0 heterocycles. The predicted octanol–water partition coefficient (Wildman–Crippen LogP) is 3.65. The van der Waals surface area contributed by atoms with Crippen molar-refractivity contribution in [1.82, 2.24) is 0 Å². The molecule has 0 saturated carbocycles. The van der Waals surface area contributed by atoms with Crippen molar-refractivity contribution in [1.29, 1.82) is 0 Å². The van der Waals surface area contributed by atoms with E-state index in [1.807, 2.05) is 31.2 Å². The van der Waals surface area contributed by atoms with Crippen LogP contribution in [0.4, 0.5) is 17.1 Å². The molecule has 17 heavy (non-hydrogen) atoms. The molecule has 0 unspecified atom stereocenters. The molecule has 0 atom stereocenters. The number of nitro groups is 1. The average Bonchev–Trinajstić information content (AvgIpc) is 2.29. The molecule has 0 amide bonds. The van der Waals surface area contributed by atoms with Crippen molar-refractivity contribution in [2.75, 3.05) is 5.32 Å². The second kappa shape index (κ2) is 4.65. The fourth-order valence-corrected chi connectivity index (χ4v) is 1.56. The van der Waals surface area contributed by atoms with Gasteiger partial charge in [0, 0.05) is 23.5 Å². The zero-order valence-corrected chi connectivity index (χ0v) is 9.38. The number of aryl methyl sites for hydroxylation is 1. The van der Waals surface area contributed by atoms with Crippen molar-refractivity contribution < 1.29 is 4.92 Å². The Bertz CT molecular complexity index is 535. The molecule has 0 saturated heterocycles. The first-order valence-electron chi connectivity index (χ1n) is 5.23. The first-order valence-corrected chi connectivity index (χ1v) is 5.23. The van der Waals surface area contributed by atoms with Crippen LogP contribution in [0.1, 0.15) is 5.56 Å². The van der Waals surface area contributed by atoms with Crippen molar-refractivity contribution in [2.45, 2.75) is 6.92 Å². The summed E-state index contributed by atoms with van der Waals surface area (Å²) in [5.74, 6) is 0. The van der Waals surface area contributed by atoms with Gasteiger partial charge in [0.25, 0.3) is 5.69 Å². The van der Waals surface area contributed by atoms with Crippen LogP contribution in [-0.4, -0.2) is 4.92 Å². The summed E-state index contributed by atoms with van der Waals surface area (Å²) in [6.07, 6.45) is 0. The van der Waals surface area contributed by atoms with E-state index in [0.29, 0.717) is 0 Å². The Labute approximate surface area is 99.1 Å². The van der Waals surface area contributed by atoms with Gasteiger partial charge in [0.05, 0.1) is 4.92 Å². The maximum atomic E-state index is 10.5. The number of anilines is 2. The second-order valence-electron chi connectivity index (χ2n) is 3.80. The zero-order valence-electron chi connectivity index (χ0n) is 9.38. The standard InChI is InChI=1S/C13H12N2O2/c1-10-3-2-4-12(9-10)14-11-5-7-13(8-6-11)15(16)17/h2-9,14H,1H3. The molecular formula is C13H12N2O2. The van der Waals surface area contributed by atoms with Gasteiger partial charge in [-0.25, -0.2) is 0 Å². The third-order valence-electron chi connectivity index (χ3n) is 2.38. The molecule has 2 aromatic rings. The topological polar surface area (TPSA) is 55.2 Å². The molecule has 0 aliphatic rings. The van der Waals surface area contributed by atoms with Crippen molar-refractivity contribution in [3.05, 3.63) is 64.2 Å². The zero-order chi connectivity index (χ0) is 12.3. The van der Waals surface area contributed by atoms with E-state index in [-0.39, 0.29) is 5.69 Å². The summed E-state index contributed by atoms with van der Waals surface area (Å²) in [6, 6.07) is 14.3. The van der Waals surface area contributed by atoms with Crippen LogP contribution in [0.25, 0.3) is 0 Å². The Morgan fingerprint density at radius 3 is 2.35 bits per heavy atom. The molecule has 0 aliphatic carbocycles. The Morgan fingerprint density at radius 1 is 1.06 bits per heavy atom. The van der Waals surface area contributed by atoms with Crippen LogP contribution >= 0.6 is 0 Å². The van der Waals surface area contributed by atoms with Crippen LogP contribution < -0.4 is 5.32 Å². The van der Waals surface area contributed by atoms with E-state index in [9.17, 15) is 10.1 Å². The summed E-state index contributed by atoms with van der Waals surface area (Å²) >= 11 is 0. The normalized spacial score (nSPS) is 9.94. The van der Waals surface area contributed by atoms with Crippen LogP contribution in [0.5, 0.6) is 0 Å². The SMILES string of the molecule is Cc1cccc(Nc2ccc([N+](=O)[O-])cc2)c1. The van der Waals surface area contributed by atoms with Crippen molar-refractivity contribution >= 4 is 17.1 Å². The Hall–Kier alpha value is -2.36. The first kappa shape index (κ1) is 11.1. The minimum atomic E-state index is -0.406. The summed E-state index contributed by atoms with van der Waals surface area (Å²) < 4.78 is 0. The molecule has 0 aromatic heterocycles. The molecule has 1 N–H and O–H groups in total. The minimum absolute atomic E-state index is 0.0970. The highest BCUT2D eigenvalue weighted by molar-refractivity contribution is 5.61. The van der Waals surface area contributed by atoms with Gasteiger partial charge in [-0.1, -0.05) is 12.1 Å². The maximum absolute atomic E-state index is 10.5. The van der Waals surface area contributed by atoms with Crippen LogP contribution in [0.2, 0.25) is 0 Å². The molecule has 2 aromatic carbocycles. The van der Waals surface area contributed by atoms with E-state index in [1.54, 1.807) is 12.1 Å². The molecular weight excluding hydrogens is 216 g/mol. The summed E-state index contributed by atoms with van der Waals surface area (Å²) in [5, 5.41) is 13.7. The molecule has 86 valence electrons. The maximum Gasteiger partial charge on any atom is 0.269 e. The molecule has 4 nitrogen and oxygen atoms in total. The number of non-ortho nitro benzene ring substituents is 1. The summed E-state index contributed by atoms with van der Waals surface area (Å²) in [6.45, 7) is 2.01. The first-order chi connectivity index (χ1) is 8.15. The Morgan fingerprint density at radius 2 is 1.76 bits per heavy atom. The fraction of sp³-hybridized carbons (Fsp3) is 0.0769. The van der Waals surface area contributed by atoms with Crippen LogP contribution in [0.15, 0.2) is 48.5 Å². The predicted molar refractivity (Wildman–Crippen MR) is 67.6 cm³/mol. The van der Waals surface area contributed by atoms with Gasteiger partial charge >= 0.3 is 0 Å². The quantitative estimate of drug-likeness (QED) is 0.644. The molecule has 0 aliphatic heterocycles. The Kier molecular flexibility index (Phi) is 3.05. The smallest absolute Gasteiger partial charge is 0.269 e. The van der Waals surface area contributed by atoms with Gasteiger partial charge in [0.15, 0.2) is 0 Å². The second-order valence-corrected chi connectivity index (χ2v) is 3.80. The van der Waals surface area contributed by atoms with Gasteiger partial charge in [-0.3, -0.25) is 10.1 Å². The van der Waals surface area contributed by atoms with Gasteiger partial charge in [-0.15, -0.1) is 0 Å². The summed E-state index contributed by atoms with van der Waals surface area (Å²) in [7, 11) is 0. The van der Waals surface area contributed by atoms with E-state index in [0.717, 1.165) is 16.9 Å². The highest BCUT2D eigenvalue weighted by atomic mass is 16.6. The minimum Gasteiger partial charge on any atom is -0.356 e. The third-order valence-corrected chi connectivity index (χ3v) is 2.38. The van der Waals surface area contributed by atoms with Gasteiger partial charge in [0.2, 0.25) is 0 Å². The molecule has 0 bridgehead atoms. The van der Waals surface area contributed by atoms with Gasteiger partial charge in [-0.2, -0.15) is 0 Å². The van der Waals surface area contributed by atoms with Crippen molar-refractivity contribution in [2.24, 2.45) is 0 Å². The highest BCUT2D eigenvalue weighted by Crippen LogP contribution is 2.20.